The molecule has 1 aromatic rings. The molecule has 0 heterocycles. The Morgan fingerprint density at radius 2 is 2.14 bits per heavy atom. The summed E-state index contributed by atoms with van der Waals surface area (Å²) < 4.78 is 0. The molecular weight excluding hydrogens is 249 g/mol. The van der Waals surface area contributed by atoms with E-state index in [1.807, 2.05) is 12.1 Å². The SMILES string of the molecule is CC(=O)C1=[C-]Cc2cc(C)ccc21.[Y+3]. The number of fused-ring (bicyclic) bond motifs is 1. The van der Waals surface area contributed by atoms with Gasteiger partial charge in [-0.3, -0.25) is 0 Å². The van der Waals surface area contributed by atoms with Crippen LogP contribution in [0.1, 0.15) is 23.6 Å². The van der Waals surface area contributed by atoms with Gasteiger partial charge in [-0.1, -0.05) is 24.1 Å². The minimum absolute atomic E-state index is 0. The van der Waals surface area contributed by atoms with Gasteiger partial charge in [-0.15, -0.1) is 22.8 Å². The maximum Gasteiger partial charge on any atom is 3.00 e. The summed E-state index contributed by atoms with van der Waals surface area (Å²) in [5.74, 6) is 0.114. The first-order valence-electron chi connectivity index (χ1n) is 4.40. The number of ketones is 1. The average Bonchev–Trinajstić information content (AvgIpc) is 2.46. The topological polar surface area (TPSA) is 17.1 Å². The van der Waals surface area contributed by atoms with E-state index in [2.05, 4.69) is 19.1 Å². The summed E-state index contributed by atoms with van der Waals surface area (Å²) in [6.45, 7) is 3.66. The van der Waals surface area contributed by atoms with Crippen LogP contribution < -0.4 is 0 Å². The Morgan fingerprint density at radius 1 is 1.43 bits per heavy atom. The van der Waals surface area contributed by atoms with E-state index in [-0.39, 0.29) is 38.5 Å². The van der Waals surface area contributed by atoms with E-state index in [9.17, 15) is 4.79 Å². The van der Waals surface area contributed by atoms with Gasteiger partial charge in [-0.05, 0) is 13.8 Å². The van der Waals surface area contributed by atoms with E-state index in [0.717, 1.165) is 17.6 Å². The van der Waals surface area contributed by atoms with Crippen molar-refractivity contribution in [2.24, 2.45) is 0 Å². The number of benzene rings is 1. The van der Waals surface area contributed by atoms with Gasteiger partial charge in [0.05, 0.1) is 0 Å². The molecule has 14 heavy (non-hydrogen) atoms. The fourth-order valence-electron chi connectivity index (χ4n) is 1.71. The molecule has 0 aliphatic heterocycles. The second-order valence-electron chi connectivity index (χ2n) is 3.45. The van der Waals surface area contributed by atoms with Gasteiger partial charge >= 0.3 is 32.7 Å². The molecule has 0 fully saturated rings. The quantitative estimate of drug-likeness (QED) is 0.708. The normalized spacial score (nSPS) is 12.9. The van der Waals surface area contributed by atoms with E-state index in [1.54, 1.807) is 6.92 Å². The van der Waals surface area contributed by atoms with Crippen molar-refractivity contribution in [3.63, 3.8) is 0 Å². The van der Waals surface area contributed by atoms with Crippen molar-refractivity contribution in [3.05, 3.63) is 41.0 Å². The van der Waals surface area contributed by atoms with E-state index in [1.165, 1.54) is 11.1 Å². The Kier molecular flexibility index (Phi) is 3.80. The van der Waals surface area contributed by atoms with Gasteiger partial charge in [0.1, 0.15) is 0 Å². The van der Waals surface area contributed by atoms with Crippen molar-refractivity contribution >= 4 is 11.4 Å². The third-order valence-corrected chi connectivity index (χ3v) is 2.34. The molecule has 1 aromatic carbocycles. The number of carbonyl (C=O) groups excluding carboxylic acids is 1. The first-order valence-corrected chi connectivity index (χ1v) is 4.40. The fraction of sp³-hybridized carbons (Fsp3) is 0.250. The number of Topliss-reactive ketones (excluding diaryl/α,β-unsaturated/α-hetero) is 1. The molecule has 0 amide bonds. The minimum Gasteiger partial charge on any atom is -0.371 e. The Bertz CT molecular complexity index is 405. The van der Waals surface area contributed by atoms with E-state index in [0.29, 0.717) is 0 Å². The monoisotopic (exact) mass is 260 g/mol. The van der Waals surface area contributed by atoms with Crippen LogP contribution in [-0.4, -0.2) is 5.78 Å². The molecule has 0 unspecified atom stereocenters. The third-order valence-electron chi connectivity index (χ3n) is 2.34. The second kappa shape index (κ2) is 4.50. The third kappa shape index (κ3) is 2.04. The molecule has 0 radical (unpaired) electrons. The molecule has 0 spiro atoms. The van der Waals surface area contributed by atoms with E-state index >= 15 is 0 Å². The zero-order valence-electron chi connectivity index (χ0n) is 8.42. The fourth-order valence-corrected chi connectivity index (χ4v) is 1.71. The number of hydrogen-bond acceptors (Lipinski definition) is 1. The summed E-state index contributed by atoms with van der Waals surface area (Å²) in [6, 6.07) is 6.18. The zero-order chi connectivity index (χ0) is 9.42. The Labute approximate surface area is 109 Å². The van der Waals surface area contributed by atoms with Crippen molar-refractivity contribution in [3.8, 4) is 0 Å². The predicted molar refractivity (Wildman–Crippen MR) is 52.2 cm³/mol. The number of carbonyl (C=O) groups is 1. The van der Waals surface area contributed by atoms with Gasteiger partial charge in [-0.25, -0.2) is 0 Å². The van der Waals surface area contributed by atoms with Gasteiger partial charge in [0.15, 0.2) is 0 Å². The molecule has 1 nitrogen and oxygen atoms in total. The van der Waals surface area contributed by atoms with Crippen LogP contribution >= 0.6 is 0 Å². The van der Waals surface area contributed by atoms with Crippen molar-refractivity contribution in [1.29, 1.82) is 0 Å². The Hall–Kier alpha value is -0.266. The molecule has 2 heteroatoms. The van der Waals surface area contributed by atoms with Crippen LogP contribution in [0.2, 0.25) is 0 Å². The molecule has 66 valence electrons. The first-order chi connectivity index (χ1) is 6.18. The summed E-state index contributed by atoms with van der Waals surface area (Å²) in [7, 11) is 0. The molecular formula is C12H11OY+2. The summed E-state index contributed by atoms with van der Waals surface area (Å²) in [4.78, 5) is 11.2. The van der Waals surface area contributed by atoms with Crippen molar-refractivity contribution < 1.29 is 37.5 Å². The number of hydrogen-bond donors (Lipinski definition) is 0. The van der Waals surface area contributed by atoms with Crippen LogP contribution in [0.4, 0.5) is 0 Å². The average molecular weight is 260 g/mol. The summed E-state index contributed by atoms with van der Waals surface area (Å²) >= 11 is 0. The van der Waals surface area contributed by atoms with Gasteiger partial charge in [0, 0.05) is 5.78 Å². The molecule has 2 rings (SSSR count). The van der Waals surface area contributed by atoms with Crippen molar-refractivity contribution in [2.75, 3.05) is 0 Å². The van der Waals surface area contributed by atoms with E-state index < -0.39 is 0 Å². The molecule has 0 saturated heterocycles. The van der Waals surface area contributed by atoms with Crippen LogP contribution in [0.25, 0.3) is 5.57 Å². The molecule has 1 aliphatic rings. The van der Waals surface area contributed by atoms with Crippen LogP contribution in [0.3, 0.4) is 0 Å². The van der Waals surface area contributed by atoms with E-state index in [4.69, 9.17) is 0 Å². The largest absolute Gasteiger partial charge is 3.00 e. The summed E-state index contributed by atoms with van der Waals surface area (Å²) in [6.07, 6.45) is 3.90. The molecule has 0 bridgehead atoms. The predicted octanol–water partition coefficient (Wildman–Crippen LogP) is 2.32. The molecule has 0 atom stereocenters. The second-order valence-corrected chi connectivity index (χ2v) is 3.45. The Morgan fingerprint density at radius 3 is 2.79 bits per heavy atom. The summed E-state index contributed by atoms with van der Waals surface area (Å²) in [5, 5.41) is 0. The van der Waals surface area contributed by atoms with Crippen molar-refractivity contribution in [1.82, 2.24) is 0 Å². The Balaban J connectivity index is 0.000000980. The van der Waals surface area contributed by atoms with Crippen LogP contribution in [0, 0.1) is 13.0 Å². The standard InChI is InChI=1S/C12H11O.Y/c1-8-3-5-12-10(7-8)4-6-11(12)9(2)13;/h3,5,7H,4H2,1-2H3;/q-1;+3. The van der Waals surface area contributed by atoms with Gasteiger partial charge in [-0.2, -0.15) is 6.08 Å². The maximum absolute atomic E-state index is 11.2. The first kappa shape index (κ1) is 11.8. The number of rotatable bonds is 1. The molecule has 0 saturated carbocycles. The van der Waals surface area contributed by atoms with Crippen molar-refractivity contribution in [2.45, 2.75) is 20.3 Å². The van der Waals surface area contributed by atoms with Gasteiger partial charge < -0.3 is 4.79 Å². The minimum atomic E-state index is 0. The molecule has 1 aliphatic carbocycles. The molecule has 0 N–H and O–H groups in total. The van der Waals surface area contributed by atoms with Crippen LogP contribution in [-0.2, 0) is 43.9 Å². The van der Waals surface area contributed by atoms with Gasteiger partial charge in [0.25, 0.3) is 0 Å². The van der Waals surface area contributed by atoms with Crippen LogP contribution in [0.5, 0.6) is 0 Å². The number of aryl methyl sites for hydroxylation is 1. The number of allylic oxidation sites excluding steroid dienone is 2. The zero-order valence-corrected chi connectivity index (χ0v) is 11.3. The maximum atomic E-state index is 11.2. The molecule has 0 aromatic heterocycles. The van der Waals surface area contributed by atoms with Gasteiger partial charge in [0.2, 0.25) is 0 Å². The smallest absolute Gasteiger partial charge is 0.371 e. The summed E-state index contributed by atoms with van der Waals surface area (Å²) in [5.41, 5.74) is 4.30. The van der Waals surface area contributed by atoms with Crippen LogP contribution in [0.15, 0.2) is 18.2 Å².